The second-order valence-corrected chi connectivity index (χ2v) is 10.4. The molecule has 1 amide bonds. The quantitative estimate of drug-likeness (QED) is 0.366. The van der Waals surface area contributed by atoms with E-state index in [1.54, 1.807) is 6.07 Å². The topological polar surface area (TPSA) is 68.4 Å². The Morgan fingerprint density at radius 1 is 1.11 bits per heavy atom. The fourth-order valence-electron chi connectivity index (χ4n) is 4.75. The van der Waals surface area contributed by atoms with Crippen LogP contribution in [0.2, 0.25) is 10.0 Å². The van der Waals surface area contributed by atoms with Crippen LogP contribution < -0.4 is 21.3 Å². The molecule has 2 fully saturated rings. The van der Waals surface area contributed by atoms with Crippen LogP contribution in [0.15, 0.2) is 54.4 Å². The first-order valence-corrected chi connectivity index (χ1v) is 13.8. The van der Waals surface area contributed by atoms with Gasteiger partial charge in [0.2, 0.25) is 0 Å². The normalized spacial score (nSPS) is 20.8. The Kier molecular flexibility index (Phi) is 9.93. The van der Waals surface area contributed by atoms with Gasteiger partial charge in [0, 0.05) is 59.6 Å². The van der Waals surface area contributed by atoms with Gasteiger partial charge in [-0.05, 0) is 80.3 Å². The number of carbonyl (C=O) groups excluding carboxylic acids is 1. The zero-order valence-corrected chi connectivity index (χ0v) is 22.5. The zero-order valence-electron chi connectivity index (χ0n) is 21.0. The zero-order chi connectivity index (χ0) is 25.3. The van der Waals surface area contributed by atoms with Crippen molar-refractivity contribution in [3.05, 3.63) is 75.5 Å². The lowest BCUT2D eigenvalue weighted by Crippen LogP contribution is -2.51. The highest BCUT2D eigenvalue weighted by Gasteiger charge is 2.21. The molecular weight excluding hydrogens is 493 g/mol. The summed E-state index contributed by atoms with van der Waals surface area (Å²) in [6.07, 6.45) is 7.77. The van der Waals surface area contributed by atoms with Crippen molar-refractivity contribution in [1.29, 1.82) is 0 Å². The average molecular weight is 531 g/mol. The van der Waals surface area contributed by atoms with Gasteiger partial charge >= 0.3 is 0 Å². The number of amides is 1. The molecule has 0 spiro atoms. The number of piperazine rings is 1. The number of nitrogens with zero attached hydrogens (tertiary/aromatic N) is 1. The Morgan fingerprint density at radius 2 is 1.94 bits per heavy atom. The third-order valence-corrected chi connectivity index (χ3v) is 7.50. The van der Waals surface area contributed by atoms with Gasteiger partial charge in [0.15, 0.2) is 0 Å². The van der Waals surface area contributed by atoms with Crippen LogP contribution in [0.4, 0.5) is 5.69 Å². The van der Waals surface area contributed by atoms with Crippen LogP contribution in [0.1, 0.15) is 48.5 Å². The smallest absolute Gasteiger partial charge is 0.251 e. The molecule has 2 atom stereocenters. The molecule has 6 nitrogen and oxygen atoms in total. The van der Waals surface area contributed by atoms with Gasteiger partial charge in [-0.25, -0.2) is 0 Å². The highest BCUT2D eigenvalue weighted by Crippen LogP contribution is 2.22. The van der Waals surface area contributed by atoms with E-state index in [0.29, 0.717) is 40.7 Å². The number of benzene rings is 2. The number of nitrogens with one attached hydrogen (secondary N) is 4. The van der Waals surface area contributed by atoms with Gasteiger partial charge in [0.1, 0.15) is 5.82 Å². The fourth-order valence-corrected chi connectivity index (χ4v) is 5.25. The van der Waals surface area contributed by atoms with Crippen LogP contribution in [-0.2, 0) is 6.42 Å². The molecule has 2 aromatic carbocycles. The molecule has 2 saturated heterocycles. The van der Waals surface area contributed by atoms with E-state index >= 15 is 0 Å². The van der Waals surface area contributed by atoms with Gasteiger partial charge in [-0.15, -0.1) is 0 Å². The minimum atomic E-state index is -0.0956. The first-order chi connectivity index (χ1) is 17.5. The highest BCUT2D eigenvalue weighted by molar-refractivity contribution is 6.35. The number of halogens is 2. The van der Waals surface area contributed by atoms with Gasteiger partial charge in [-0.1, -0.05) is 42.6 Å². The molecule has 0 bridgehead atoms. The second-order valence-electron chi connectivity index (χ2n) is 9.56. The van der Waals surface area contributed by atoms with Crippen LogP contribution in [0.25, 0.3) is 0 Å². The van der Waals surface area contributed by atoms with E-state index in [4.69, 9.17) is 23.2 Å². The molecule has 0 aromatic heterocycles. The van der Waals surface area contributed by atoms with Crippen LogP contribution >= 0.6 is 23.2 Å². The summed E-state index contributed by atoms with van der Waals surface area (Å²) in [5.74, 6) is 1.05. The largest absolute Gasteiger partial charge is 0.356 e. The van der Waals surface area contributed by atoms with E-state index in [0.717, 1.165) is 56.1 Å². The van der Waals surface area contributed by atoms with Crippen molar-refractivity contribution in [2.24, 2.45) is 0 Å². The monoisotopic (exact) mass is 529 g/mol. The molecule has 2 aliphatic rings. The molecular formula is C28H37Cl2N5O. The van der Waals surface area contributed by atoms with E-state index in [1.165, 1.54) is 12.8 Å². The lowest BCUT2D eigenvalue weighted by molar-refractivity contribution is 0.0954. The number of anilines is 1. The SMILES string of the molecule is CC[C@H]1CN(/C(=C\C2CCCCN2)Nc2ccc(C(=O)NCCc3ccc(Cl)cc3Cl)cc2)CCN1. The summed E-state index contributed by atoms with van der Waals surface area (Å²) in [5, 5.41) is 15.1. The number of rotatable bonds is 9. The van der Waals surface area contributed by atoms with Gasteiger partial charge in [0.25, 0.3) is 5.91 Å². The predicted octanol–water partition coefficient (Wildman–Crippen LogP) is 5.05. The summed E-state index contributed by atoms with van der Waals surface area (Å²) in [4.78, 5) is 15.1. The maximum atomic E-state index is 12.7. The van der Waals surface area contributed by atoms with Gasteiger partial charge in [-0.3, -0.25) is 4.79 Å². The molecule has 4 N–H and O–H groups in total. The third-order valence-electron chi connectivity index (χ3n) is 6.91. The molecule has 8 heteroatoms. The summed E-state index contributed by atoms with van der Waals surface area (Å²) in [7, 11) is 0. The van der Waals surface area contributed by atoms with Crippen molar-refractivity contribution in [2.75, 3.05) is 38.0 Å². The number of carbonyl (C=O) groups is 1. The first-order valence-electron chi connectivity index (χ1n) is 13.0. The first kappa shape index (κ1) is 26.8. The molecule has 4 rings (SSSR count). The highest BCUT2D eigenvalue weighted by atomic mass is 35.5. The molecule has 36 heavy (non-hydrogen) atoms. The minimum Gasteiger partial charge on any atom is -0.356 e. The summed E-state index contributed by atoms with van der Waals surface area (Å²) in [6.45, 7) is 6.75. The summed E-state index contributed by atoms with van der Waals surface area (Å²) in [5.41, 5.74) is 2.58. The molecule has 0 saturated carbocycles. The number of piperidine rings is 1. The maximum Gasteiger partial charge on any atom is 0.251 e. The van der Waals surface area contributed by atoms with Gasteiger partial charge in [-0.2, -0.15) is 0 Å². The van der Waals surface area contributed by atoms with Gasteiger partial charge < -0.3 is 26.2 Å². The van der Waals surface area contributed by atoms with E-state index in [-0.39, 0.29) is 5.91 Å². The second kappa shape index (κ2) is 13.3. The molecule has 1 unspecified atom stereocenters. The van der Waals surface area contributed by atoms with Crippen molar-refractivity contribution >= 4 is 34.8 Å². The van der Waals surface area contributed by atoms with Crippen LogP contribution in [-0.4, -0.2) is 55.6 Å². The minimum absolute atomic E-state index is 0.0956. The molecule has 2 aromatic rings. The molecule has 2 aliphatic heterocycles. The summed E-state index contributed by atoms with van der Waals surface area (Å²) in [6, 6.07) is 14.0. The van der Waals surface area contributed by atoms with E-state index < -0.39 is 0 Å². The Bertz CT molecular complexity index is 1040. The van der Waals surface area contributed by atoms with Crippen LogP contribution in [0.5, 0.6) is 0 Å². The molecule has 194 valence electrons. The lowest BCUT2D eigenvalue weighted by atomic mass is 10.0. The van der Waals surface area contributed by atoms with Crippen molar-refractivity contribution in [2.45, 2.75) is 51.1 Å². The molecule has 0 aliphatic carbocycles. The number of hydrogen-bond acceptors (Lipinski definition) is 5. The molecule has 2 heterocycles. The van der Waals surface area contributed by atoms with E-state index in [2.05, 4.69) is 39.2 Å². The van der Waals surface area contributed by atoms with E-state index in [1.807, 2.05) is 36.4 Å². The number of hydrogen-bond donors (Lipinski definition) is 4. The average Bonchev–Trinajstić information content (AvgIpc) is 2.90. The Morgan fingerprint density at radius 3 is 2.67 bits per heavy atom. The maximum absolute atomic E-state index is 12.7. The lowest BCUT2D eigenvalue weighted by Gasteiger charge is -2.37. The Balaban J connectivity index is 1.37. The third kappa shape index (κ3) is 7.62. The van der Waals surface area contributed by atoms with Gasteiger partial charge in [0.05, 0.1) is 0 Å². The molecule has 0 radical (unpaired) electrons. The van der Waals surface area contributed by atoms with E-state index in [9.17, 15) is 4.79 Å². The standard InChI is InChI=1S/C28H37Cl2N5O/c1-2-23-19-35(16-15-32-23)27(18-25-5-3-4-13-31-25)34-24-10-7-21(8-11-24)28(36)33-14-12-20-6-9-22(29)17-26(20)30/h6-11,17-18,23,25,31-32,34H,2-5,12-16,19H2,1H3,(H,33,36)/b27-18-/t23-,25?/m0/s1. The summed E-state index contributed by atoms with van der Waals surface area (Å²) >= 11 is 12.2. The predicted molar refractivity (Wildman–Crippen MR) is 150 cm³/mol. The van der Waals surface area contributed by atoms with Crippen molar-refractivity contribution in [1.82, 2.24) is 20.9 Å². The van der Waals surface area contributed by atoms with Crippen molar-refractivity contribution in [3.63, 3.8) is 0 Å². The fraction of sp³-hybridized carbons (Fsp3) is 0.464. The van der Waals surface area contributed by atoms with Crippen LogP contribution in [0, 0.1) is 0 Å². The Labute approximate surface area is 224 Å². The Hall–Kier alpha value is -2.25. The van der Waals surface area contributed by atoms with Crippen LogP contribution in [0.3, 0.4) is 0 Å². The van der Waals surface area contributed by atoms with Crippen molar-refractivity contribution in [3.8, 4) is 0 Å². The summed E-state index contributed by atoms with van der Waals surface area (Å²) < 4.78 is 0. The van der Waals surface area contributed by atoms with Crippen molar-refractivity contribution < 1.29 is 4.79 Å².